The van der Waals surface area contributed by atoms with Gasteiger partial charge in [0.1, 0.15) is 11.2 Å². The van der Waals surface area contributed by atoms with Crippen molar-refractivity contribution < 1.29 is 4.42 Å². The van der Waals surface area contributed by atoms with Gasteiger partial charge in [-0.2, -0.15) is 0 Å². The van der Waals surface area contributed by atoms with E-state index in [0.29, 0.717) is 5.82 Å². The van der Waals surface area contributed by atoms with Gasteiger partial charge < -0.3 is 9.73 Å². The molecule has 0 amide bonds. The zero-order chi connectivity index (χ0) is 38.9. The molecule has 1 atom stereocenters. The highest BCUT2D eigenvalue weighted by Gasteiger charge is 2.30. The molecule has 0 fully saturated rings. The normalized spacial score (nSPS) is 13.4. The Bertz CT molecular complexity index is 3360. The highest BCUT2D eigenvalue weighted by Crippen LogP contribution is 2.51. The number of fused-ring (bicyclic) bond motifs is 9. The number of furan rings is 1. The van der Waals surface area contributed by atoms with Crippen LogP contribution in [-0.2, 0) is 0 Å². The van der Waals surface area contributed by atoms with Gasteiger partial charge in [-0.25, -0.2) is 9.97 Å². The average molecular weight is 754 g/mol. The monoisotopic (exact) mass is 753 g/mol. The van der Waals surface area contributed by atoms with Crippen molar-refractivity contribution in [2.45, 2.75) is 6.04 Å². The molecular weight excluding hydrogens is 719 g/mol. The fourth-order valence-corrected chi connectivity index (χ4v) is 9.27. The van der Waals surface area contributed by atoms with E-state index in [0.717, 1.165) is 77.6 Å². The maximum Gasteiger partial charge on any atom is 0.160 e. The number of hydrogen-bond acceptors (Lipinski definition) is 4. The molecule has 0 spiro atoms. The minimum Gasteiger partial charge on any atom is -0.455 e. The van der Waals surface area contributed by atoms with E-state index in [-0.39, 0.29) is 6.04 Å². The van der Waals surface area contributed by atoms with E-state index >= 15 is 0 Å². The lowest BCUT2D eigenvalue weighted by molar-refractivity contribution is 0.670. The second-order valence-electron chi connectivity index (χ2n) is 15.3. The second kappa shape index (κ2) is 13.4. The molecule has 0 saturated carbocycles. The van der Waals surface area contributed by atoms with E-state index in [4.69, 9.17) is 14.4 Å². The molecule has 3 heterocycles. The third-order valence-corrected chi connectivity index (χ3v) is 12.0. The molecule has 0 radical (unpaired) electrons. The molecule has 9 aromatic carbocycles. The Balaban J connectivity index is 1.06. The summed E-state index contributed by atoms with van der Waals surface area (Å²) in [6.07, 6.45) is 0. The maximum atomic E-state index is 6.98. The summed E-state index contributed by atoms with van der Waals surface area (Å²) in [4.78, 5) is 10.3. The van der Waals surface area contributed by atoms with Gasteiger partial charge in [0, 0.05) is 49.8 Å². The van der Waals surface area contributed by atoms with Gasteiger partial charge in [-0.3, -0.25) is 0 Å². The molecule has 0 saturated heterocycles. The first-order valence-corrected chi connectivity index (χ1v) is 20.1. The van der Waals surface area contributed by atoms with Crippen LogP contribution in [0.4, 0.5) is 5.69 Å². The molecule has 1 aliphatic rings. The third-order valence-electron chi connectivity index (χ3n) is 12.0. The molecule has 12 rings (SSSR count). The van der Waals surface area contributed by atoms with Gasteiger partial charge in [-0.15, -0.1) is 0 Å². The van der Waals surface area contributed by atoms with Crippen LogP contribution in [0.5, 0.6) is 0 Å². The number of nitrogens with one attached hydrogen (secondary N) is 1. The summed E-state index contributed by atoms with van der Waals surface area (Å²) < 4.78 is 6.98. The Labute approximate surface area is 341 Å². The molecule has 11 aromatic rings. The van der Waals surface area contributed by atoms with Gasteiger partial charge in [0.2, 0.25) is 0 Å². The molecule has 4 heteroatoms. The molecular formula is C55H35N3O. The van der Waals surface area contributed by atoms with Gasteiger partial charge in [-0.1, -0.05) is 182 Å². The highest BCUT2D eigenvalue weighted by molar-refractivity contribution is 6.19. The molecule has 0 bridgehead atoms. The van der Waals surface area contributed by atoms with Gasteiger partial charge >= 0.3 is 0 Å². The first kappa shape index (κ1) is 33.3. The fraction of sp³-hybridized carbons (Fsp3) is 0.0182. The molecule has 0 aliphatic carbocycles. The number of hydrogen-bond donors (Lipinski definition) is 1. The van der Waals surface area contributed by atoms with E-state index in [1.165, 1.54) is 33.0 Å². The quantitative estimate of drug-likeness (QED) is 0.190. The number of benzene rings is 9. The summed E-state index contributed by atoms with van der Waals surface area (Å²) in [7, 11) is 0. The van der Waals surface area contributed by atoms with E-state index < -0.39 is 0 Å². The highest BCUT2D eigenvalue weighted by atomic mass is 16.3. The summed E-state index contributed by atoms with van der Waals surface area (Å²) in [6.45, 7) is 0. The number of aromatic nitrogens is 2. The Morgan fingerprint density at radius 2 is 1.05 bits per heavy atom. The van der Waals surface area contributed by atoms with Gasteiger partial charge in [0.15, 0.2) is 5.82 Å². The Morgan fingerprint density at radius 3 is 1.90 bits per heavy atom. The van der Waals surface area contributed by atoms with Crippen molar-refractivity contribution in [3.05, 3.63) is 211 Å². The molecule has 2 aromatic heterocycles. The van der Waals surface area contributed by atoms with Crippen LogP contribution in [0.2, 0.25) is 0 Å². The molecule has 276 valence electrons. The number of anilines is 1. The Hall–Kier alpha value is -7.82. The summed E-state index contributed by atoms with van der Waals surface area (Å²) >= 11 is 0. The van der Waals surface area contributed by atoms with Crippen LogP contribution >= 0.6 is 0 Å². The average Bonchev–Trinajstić information content (AvgIpc) is 3.70. The maximum absolute atomic E-state index is 6.98. The first-order valence-electron chi connectivity index (χ1n) is 20.1. The van der Waals surface area contributed by atoms with Crippen molar-refractivity contribution in [2.75, 3.05) is 5.32 Å². The van der Waals surface area contributed by atoms with Crippen LogP contribution in [0.15, 0.2) is 205 Å². The van der Waals surface area contributed by atoms with Gasteiger partial charge in [-0.05, 0) is 56.4 Å². The standard InChI is InChI=1S/C55H35N3O/c1-3-16-35(17-4-1)48-33-49(58-55(57-48)36-18-5-2-6-19-36)41-30-29-40(38-22-9-10-23-39(38)41)43-26-14-27-46-52-50(59-54(43)46)32-31-45-51(52)44-24-11-12-28-47(44)56-53(45)42-25-13-20-34-15-7-8-21-37(34)42/h1-33,53,56H. The molecule has 1 aliphatic heterocycles. The SMILES string of the molecule is c1ccc(-c2cc(-c3ccc(-c4cccc5c4oc4ccc6c(c45)-c4ccccc4NC6c4cccc5ccccc45)c4ccccc34)nc(-c3ccccc3)n2)cc1. The number of para-hydroxylation sites is 2. The second-order valence-corrected chi connectivity index (χ2v) is 15.3. The van der Waals surface area contributed by atoms with E-state index in [9.17, 15) is 0 Å². The summed E-state index contributed by atoms with van der Waals surface area (Å²) in [6, 6.07) is 70.7. The van der Waals surface area contributed by atoms with Crippen molar-refractivity contribution in [2.24, 2.45) is 0 Å². The lowest BCUT2D eigenvalue weighted by Crippen LogP contribution is -2.18. The largest absolute Gasteiger partial charge is 0.455 e. The minimum atomic E-state index is -0.0355. The van der Waals surface area contributed by atoms with Gasteiger partial charge in [0.25, 0.3) is 0 Å². The lowest BCUT2D eigenvalue weighted by Gasteiger charge is -2.31. The Kier molecular flexibility index (Phi) is 7.57. The third kappa shape index (κ3) is 5.38. The summed E-state index contributed by atoms with van der Waals surface area (Å²) in [5.74, 6) is 0.699. The molecule has 4 nitrogen and oxygen atoms in total. The topological polar surface area (TPSA) is 51.0 Å². The summed E-state index contributed by atoms with van der Waals surface area (Å²) in [5.41, 5.74) is 14.8. The molecule has 1 unspecified atom stereocenters. The van der Waals surface area contributed by atoms with E-state index in [1.807, 2.05) is 24.3 Å². The van der Waals surface area contributed by atoms with Crippen LogP contribution in [0.1, 0.15) is 17.2 Å². The van der Waals surface area contributed by atoms with E-state index in [2.05, 4.69) is 181 Å². The van der Waals surface area contributed by atoms with Gasteiger partial charge in [0.05, 0.1) is 17.4 Å². The lowest BCUT2D eigenvalue weighted by atomic mass is 9.83. The van der Waals surface area contributed by atoms with Crippen LogP contribution < -0.4 is 5.32 Å². The first-order chi connectivity index (χ1) is 29.3. The Morgan fingerprint density at radius 1 is 0.424 bits per heavy atom. The van der Waals surface area contributed by atoms with Crippen molar-refractivity contribution >= 4 is 49.2 Å². The van der Waals surface area contributed by atoms with Crippen LogP contribution in [0.25, 0.3) is 99.6 Å². The van der Waals surface area contributed by atoms with E-state index in [1.54, 1.807) is 0 Å². The smallest absolute Gasteiger partial charge is 0.160 e. The van der Waals surface area contributed by atoms with Crippen molar-refractivity contribution in [3.63, 3.8) is 0 Å². The molecule has 59 heavy (non-hydrogen) atoms. The predicted molar refractivity (Wildman–Crippen MR) is 243 cm³/mol. The van der Waals surface area contributed by atoms with Crippen LogP contribution in [0, 0.1) is 0 Å². The van der Waals surface area contributed by atoms with Crippen molar-refractivity contribution in [1.82, 2.24) is 9.97 Å². The predicted octanol–water partition coefficient (Wildman–Crippen LogP) is 14.5. The zero-order valence-corrected chi connectivity index (χ0v) is 31.9. The zero-order valence-electron chi connectivity index (χ0n) is 31.9. The van der Waals surface area contributed by atoms with Crippen molar-refractivity contribution in [3.8, 4) is 56.2 Å². The van der Waals surface area contributed by atoms with Crippen LogP contribution in [0.3, 0.4) is 0 Å². The minimum absolute atomic E-state index is 0.0355. The summed E-state index contributed by atoms with van der Waals surface area (Å²) in [5, 5.41) is 10.9. The fourth-order valence-electron chi connectivity index (χ4n) is 9.27. The van der Waals surface area contributed by atoms with Crippen LogP contribution in [-0.4, -0.2) is 9.97 Å². The number of rotatable bonds is 5. The van der Waals surface area contributed by atoms with Crippen molar-refractivity contribution in [1.29, 1.82) is 0 Å². The molecule has 1 N–H and O–H groups in total. The number of nitrogens with zero attached hydrogens (tertiary/aromatic N) is 2.